The number of esters is 2. The van der Waals surface area contributed by atoms with Gasteiger partial charge in [0.15, 0.2) is 17.2 Å². The van der Waals surface area contributed by atoms with Gasteiger partial charge in [-0.15, -0.1) is 11.3 Å². The number of carbonyl (C=O) groups excluding carboxylic acids is 2. The lowest BCUT2D eigenvalue weighted by molar-refractivity contribution is -0.384. The highest BCUT2D eigenvalue weighted by Gasteiger charge is 2.25. The number of benzene rings is 3. The number of nitro benzene ring substituents is 1. The van der Waals surface area contributed by atoms with Crippen molar-refractivity contribution in [1.29, 1.82) is 0 Å². The Morgan fingerprint density at radius 3 is 2.60 bits per heavy atom. The third-order valence-corrected chi connectivity index (χ3v) is 7.38. The molecular weight excluding hydrogens is 560 g/mol. The number of halogens is 1. The Labute approximate surface area is 236 Å². The molecule has 5 rings (SSSR count). The van der Waals surface area contributed by atoms with Crippen molar-refractivity contribution in [3.63, 3.8) is 0 Å². The van der Waals surface area contributed by atoms with Crippen LogP contribution in [0.1, 0.15) is 27.7 Å². The normalized spacial score (nSPS) is 13.7. The van der Waals surface area contributed by atoms with Gasteiger partial charge in [0.1, 0.15) is 10.6 Å². The maximum absolute atomic E-state index is 13.0. The number of rotatable bonds is 8. The van der Waals surface area contributed by atoms with Gasteiger partial charge in [0.05, 0.1) is 23.7 Å². The Morgan fingerprint density at radius 1 is 1.12 bits per heavy atom. The molecule has 12 heteroatoms. The first-order valence-electron chi connectivity index (χ1n) is 11.8. The van der Waals surface area contributed by atoms with Gasteiger partial charge in [0, 0.05) is 27.8 Å². The molecule has 0 atom stereocenters. The molecule has 0 bridgehead atoms. The summed E-state index contributed by atoms with van der Waals surface area (Å²) in [5, 5.41) is 11.7. The first kappa shape index (κ1) is 26.9. The van der Waals surface area contributed by atoms with Gasteiger partial charge in [-0.05, 0) is 61.0 Å². The molecule has 2 heterocycles. The van der Waals surface area contributed by atoms with E-state index in [1.54, 1.807) is 50.4 Å². The summed E-state index contributed by atoms with van der Waals surface area (Å²) in [5.74, 6) is -0.144. The number of nitro groups is 1. The van der Waals surface area contributed by atoms with Crippen LogP contribution in [0.5, 0.6) is 17.2 Å². The molecule has 0 spiro atoms. The lowest BCUT2D eigenvalue weighted by atomic mass is 10.1. The minimum Gasteiger partial charge on any atom is -0.497 e. The van der Waals surface area contributed by atoms with Gasteiger partial charge in [-0.2, -0.15) is 0 Å². The van der Waals surface area contributed by atoms with Crippen molar-refractivity contribution in [2.45, 2.75) is 6.92 Å². The van der Waals surface area contributed by atoms with E-state index in [2.05, 4.69) is 4.99 Å². The topological polar surface area (TPSA) is 127 Å². The second-order valence-corrected chi connectivity index (χ2v) is 9.71. The molecule has 0 unspecified atom stereocenters. The maximum Gasteiger partial charge on any atom is 0.363 e. The standard InChI is InChI=1S/C28H19ClN2O8S/c1-3-37-22-13-15(12-20-27(32)39-26(30-20)16-5-8-18(36-2)9-6-16)4-11-21(22)38-28(33)25-24(29)19-10-7-17(31(34)35)14-23(19)40-25/h4-14H,3H2,1-2H3/b20-12+. The fraction of sp³-hybridized carbons (Fsp3) is 0.107. The zero-order valence-corrected chi connectivity index (χ0v) is 22.6. The van der Waals surface area contributed by atoms with Gasteiger partial charge >= 0.3 is 11.9 Å². The molecule has 1 aliphatic heterocycles. The molecule has 202 valence electrons. The average molecular weight is 579 g/mol. The Balaban J connectivity index is 1.40. The molecule has 0 radical (unpaired) electrons. The van der Waals surface area contributed by atoms with Crippen molar-refractivity contribution >= 4 is 62.6 Å². The molecule has 0 saturated carbocycles. The number of aliphatic imine (C=N–C) groups is 1. The SMILES string of the molecule is CCOc1cc(/C=C2/N=C(c3ccc(OC)cc3)OC2=O)ccc1OC(=O)c1sc2cc([N+](=O)[O-])ccc2c1Cl. The smallest absolute Gasteiger partial charge is 0.363 e. The van der Waals surface area contributed by atoms with Crippen LogP contribution in [0.2, 0.25) is 5.02 Å². The number of fused-ring (bicyclic) bond motifs is 1. The number of cyclic esters (lactones) is 1. The van der Waals surface area contributed by atoms with Gasteiger partial charge < -0.3 is 18.9 Å². The monoisotopic (exact) mass is 578 g/mol. The summed E-state index contributed by atoms with van der Waals surface area (Å²) in [6.45, 7) is 2.05. The highest BCUT2D eigenvalue weighted by molar-refractivity contribution is 7.21. The third kappa shape index (κ3) is 5.37. The average Bonchev–Trinajstić information content (AvgIpc) is 3.49. The van der Waals surface area contributed by atoms with Crippen molar-refractivity contribution in [1.82, 2.24) is 0 Å². The number of thiophene rings is 1. The summed E-state index contributed by atoms with van der Waals surface area (Å²) >= 11 is 7.39. The Morgan fingerprint density at radius 2 is 1.90 bits per heavy atom. The van der Waals surface area contributed by atoms with E-state index in [0.29, 0.717) is 27.0 Å². The fourth-order valence-electron chi connectivity index (χ4n) is 3.84. The predicted molar refractivity (Wildman–Crippen MR) is 150 cm³/mol. The van der Waals surface area contributed by atoms with Gasteiger partial charge in [0.25, 0.3) is 5.69 Å². The second kappa shape index (κ2) is 11.2. The molecule has 1 aliphatic rings. The second-order valence-electron chi connectivity index (χ2n) is 8.28. The van der Waals surface area contributed by atoms with Crippen LogP contribution in [-0.4, -0.2) is 36.5 Å². The van der Waals surface area contributed by atoms with Gasteiger partial charge in [-0.3, -0.25) is 10.1 Å². The van der Waals surface area contributed by atoms with Gasteiger partial charge in [-0.25, -0.2) is 14.6 Å². The number of nitrogens with zero attached hydrogens (tertiary/aromatic N) is 2. The minimum atomic E-state index is -0.742. The van der Waals surface area contributed by atoms with Crippen LogP contribution in [0.15, 0.2) is 71.4 Å². The molecule has 4 aromatic rings. The van der Waals surface area contributed by atoms with E-state index in [4.69, 9.17) is 30.5 Å². The molecule has 0 fully saturated rings. The van der Waals surface area contributed by atoms with Crippen LogP contribution in [0, 0.1) is 10.1 Å². The summed E-state index contributed by atoms with van der Waals surface area (Å²) in [4.78, 5) is 40.4. The van der Waals surface area contributed by atoms with Crippen LogP contribution in [0.4, 0.5) is 5.69 Å². The van der Waals surface area contributed by atoms with Crippen molar-refractivity contribution < 1.29 is 33.5 Å². The Hall–Kier alpha value is -4.74. The summed E-state index contributed by atoms with van der Waals surface area (Å²) in [6.07, 6.45) is 1.53. The van der Waals surface area contributed by atoms with Crippen molar-refractivity contribution in [2.24, 2.45) is 4.99 Å². The predicted octanol–water partition coefficient (Wildman–Crippen LogP) is 6.43. The van der Waals surface area contributed by atoms with Crippen molar-refractivity contribution in [2.75, 3.05) is 13.7 Å². The number of hydrogen-bond donors (Lipinski definition) is 0. The first-order valence-corrected chi connectivity index (χ1v) is 13.0. The third-order valence-electron chi connectivity index (χ3n) is 5.74. The lowest BCUT2D eigenvalue weighted by Crippen LogP contribution is -2.08. The van der Waals surface area contributed by atoms with Crippen LogP contribution in [0.25, 0.3) is 16.2 Å². The minimum absolute atomic E-state index is 0.0872. The van der Waals surface area contributed by atoms with E-state index in [1.165, 1.54) is 30.3 Å². The van der Waals surface area contributed by atoms with E-state index < -0.39 is 16.9 Å². The molecule has 0 amide bonds. The quantitative estimate of drug-likeness (QED) is 0.0769. The molecule has 3 aromatic carbocycles. The molecule has 0 N–H and O–H groups in total. The molecule has 10 nitrogen and oxygen atoms in total. The maximum atomic E-state index is 13.0. The number of methoxy groups -OCH3 is 1. The van der Waals surface area contributed by atoms with Crippen molar-refractivity contribution in [3.8, 4) is 17.2 Å². The molecule has 0 aliphatic carbocycles. The van der Waals surface area contributed by atoms with Crippen LogP contribution in [-0.2, 0) is 9.53 Å². The Bertz CT molecular complexity index is 1730. The van der Waals surface area contributed by atoms with E-state index in [0.717, 1.165) is 11.3 Å². The zero-order valence-electron chi connectivity index (χ0n) is 21.0. The number of non-ortho nitro benzene ring substituents is 1. The van der Waals surface area contributed by atoms with Crippen LogP contribution in [0.3, 0.4) is 0 Å². The van der Waals surface area contributed by atoms with Crippen LogP contribution < -0.4 is 14.2 Å². The molecular formula is C28H19ClN2O8S. The highest BCUT2D eigenvalue weighted by atomic mass is 35.5. The summed E-state index contributed by atoms with van der Waals surface area (Å²) < 4.78 is 22.2. The van der Waals surface area contributed by atoms with E-state index in [9.17, 15) is 19.7 Å². The first-order chi connectivity index (χ1) is 19.3. The Kier molecular flexibility index (Phi) is 7.50. The number of ether oxygens (including phenoxy) is 4. The van der Waals surface area contributed by atoms with Gasteiger partial charge in [-0.1, -0.05) is 17.7 Å². The van der Waals surface area contributed by atoms with E-state index >= 15 is 0 Å². The largest absolute Gasteiger partial charge is 0.497 e. The highest BCUT2D eigenvalue weighted by Crippen LogP contribution is 2.39. The summed E-state index contributed by atoms with van der Waals surface area (Å²) in [7, 11) is 1.56. The fourth-order valence-corrected chi connectivity index (χ4v) is 5.25. The molecule has 1 aromatic heterocycles. The summed E-state index contributed by atoms with van der Waals surface area (Å²) in [5.41, 5.74) is 1.15. The van der Waals surface area contributed by atoms with Crippen molar-refractivity contribution in [3.05, 3.63) is 97.5 Å². The zero-order chi connectivity index (χ0) is 28.4. The summed E-state index contributed by atoms with van der Waals surface area (Å²) in [6, 6.07) is 15.8. The number of hydrogen-bond acceptors (Lipinski definition) is 10. The lowest BCUT2D eigenvalue weighted by Gasteiger charge is -2.11. The molecule has 0 saturated heterocycles. The van der Waals surface area contributed by atoms with Gasteiger partial charge in [0.2, 0.25) is 5.90 Å². The van der Waals surface area contributed by atoms with E-state index in [-0.39, 0.29) is 45.3 Å². The van der Waals surface area contributed by atoms with E-state index in [1.807, 2.05) is 0 Å². The number of carbonyl (C=O) groups is 2. The molecule has 40 heavy (non-hydrogen) atoms. The van der Waals surface area contributed by atoms with Crippen LogP contribution >= 0.6 is 22.9 Å².